The van der Waals surface area contributed by atoms with Crippen molar-refractivity contribution in [1.82, 2.24) is 10.6 Å². The van der Waals surface area contributed by atoms with Gasteiger partial charge in [0.15, 0.2) is 17.5 Å². The Labute approximate surface area is 152 Å². The number of nitrogens with one attached hydrogen (secondary N) is 2. The van der Waals surface area contributed by atoms with Crippen LogP contribution in [-0.2, 0) is 0 Å². The third-order valence-electron chi connectivity index (χ3n) is 4.67. The first-order valence-corrected chi connectivity index (χ1v) is 8.61. The lowest BCUT2D eigenvalue weighted by atomic mass is 10.1. The standard InChI is InChI=1S/C20H23F2N3O/c1-12(13-8-9-19(26-3)17(22)10-13)24-20(23-2)25-18-11-15(18)14-6-4-5-7-16(14)21/h4-10,12,15,18H,11H2,1-3H3,(H2,23,24,25). The van der Waals surface area contributed by atoms with Crippen molar-refractivity contribution >= 4 is 5.96 Å². The molecule has 2 aromatic carbocycles. The summed E-state index contributed by atoms with van der Waals surface area (Å²) in [6.07, 6.45) is 0.854. The summed E-state index contributed by atoms with van der Waals surface area (Å²) in [4.78, 5) is 4.22. The van der Waals surface area contributed by atoms with Gasteiger partial charge in [0.1, 0.15) is 5.82 Å². The van der Waals surface area contributed by atoms with Gasteiger partial charge in [0.25, 0.3) is 0 Å². The van der Waals surface area contributed by atoms with Crippen molar-refractivity contribution in [1.29, 1.82) is 0 Å². The zero-order valence-electron chi connectivity index (χ0n) is 15.1. The van der Waals surface area contributed by atoms with Gasteiger partial charge in [-0.25, -0.2) is 8.78 Å². The summed E-state index contributed by atoms with van der Waals surface area (Å²) in [7, 11) is 3.12. The van der Waals surface area contributed by atoms with Gasteiger partial charge < -0.3 is 15.4 Å². The average molecular weight is 359 g/mol. The van der Waals surface area contributed by atoms with Gasteiger partial charge in [0.2, 0.25) is 0 Å². The molecule has 0 aliphatic heterocycles. The second kappa shape index (κ2) is 7.72. The number of aliphatic imine (C=N–C) groups is 1. The highest BCUT2D eigenvalue weighted by molar-refractivity contribution is 5.81. The van der Waals surface area contributed by atoms with E-state index in [9.17, 15) is 8.78 Å². The average Bonchev–Trinajstić information content (AvgIpc) is 3.40. The predicted octanol–water partition coefficient (Wildman–Crippen LogP) is 3.76. The molecule has 138 valence electrons. The Bertz CT molecular complexity index is 809. The number of guanidine groups is 1. The van der Waals surface area contributed by atoms with Gasteiger partial charge in [-0.05, 0) is 42.7 Å². The summed E-state index contributed by atoms with van der Waals surface area (Å²) in [5, 5.41) is 6.55. The molecule has 0 radical (unpaired) electrons. The summed E-state index contributed by atoms with van der Waals surface area (Å²) in [6.45, 7) is 1.93. The molecule has 1 aliphatic rings. The molecular weight excluding hydrogens is 336 g/mol. The van der Waals surface area contributed by atoms with Crippen LogP contribution in [-0.4, -0.2) is 26.2 Å². The first-order chi connectivity index (χ1) is 12.5. The molecule has 3 unspecified atom stereocenters. The molecular formula is C20H23F2N3O. The van der Waals surface area contributed by atoms with Gasteiger partial charge in [-0.1, -0.05) is 24.3 Å². The van der Waals surface area contributed by atoms with Crippen LogP contribution in [0.25, 0.3) is 0 Å². The van der Waals surface area contributed by atoms with E-state index in [4.69, 9.17) is 4.74 Å². The van der Waals surface area contributed by atoms with Crippen molar-refractivity contribution in [3.8, 4) is 5.75 Å². The van der Waals surface area contributed by atoms with E-state index in [1.807, 2.05) is 25.1 Å². The highest BCUT2D eigenvalue weighted by Crippen LogP contribution is 2.41. The van der Waals surface area contributed by atoms with Crippen LogP contribution in [0.5, 0.6) is 5.75 Å². The molecule has 0 saturated heterocycles. The van der Waals surface area contributed by atoms with Gasteiger partial charge in [-0.2, -0.15) is 0 Å². The lowest BCUT2D eigenvalue weighted by molar-refractivity contribution is 0.386. The van der Waals surface area contributed by atoms with Crippen LogP contribution in [0.1, 0.15) is 36.4 Å². The Kier molecular flexibility index (Phi) is 5.40. The van der Waals surface area contributed by atoms with Gasteiger partial charge in [0, 0.05) is 19.0 Å². The largest absolute Gasteiger partial charge is 0.494 e. The van der Waals surface area contributed by atoms with Crippen molar-refractivity contribution in [2.75, 3.05) is 14.2 Å². The summed E-state index contributed by atoms with van der Waals surface area (Å²) >= 11 is 0. The zero-order valence-corrected chi connectivity index (χ0v) is 15.1. The number of hydrogen-bond donors (Lipinski definition) is 2. The monoisotopic (exact) mass is 359 g/mol. The molecule has 1 fully saturated rings. The molecule has 0 aromatic heterocycles. The van der Waals surface area contributed by atoms with Gasteiger partial charge in [-0.15, -0.1) is 0 Å². The third kappa shape index (κ3) is 3.95. The number of ether oxygens (including phenoxy) is 1. The Morgan fingerprint density at radius 2 is 1.96 bits per heavy atom. The van der Waals surface area contributed by atoms with Gasteiger partial charge >= 0.3 is 0 Å². The minimum atomic E-state index is -0.400. The first kappa shape index (κ1) is 18.2. The number of benzene rings is 2. The molecule has 4 nitrogen and oxygen atoms in total. The van der Waals surface area contributed by atoms with E-state index in [0.29, 0.717) is 5.96 Å². The Balaban J connectivity index is 1.60. The van der Waals surface area contributed by atoms with E-state index < -0.39 is 5.82 Å². The number of halogens is 2. The molecule has 0 bridgehead atoms. The number of methoxy groups -OCH3 is 1. The Morgan fingerprint density at radius 1 is 1.19 bits per heavy atom. The minimum Gasteiger partial charge on any atom is -0.494 e. The summed E-state index contributed by atoms with van der Waals surface area (Å²) < 4.78 is 32.7. The lowest BCUT2D eigenvalue weighted by Crippen LogP contribution is -2.40. The van der Waals surface area contributed by atoms with Crippen LogP contribution < -0.4 is 15.4 Å². The second-order valence-corrected chi connectivity index (χ2v) is 6.45. The molecule has 0 amide bonds. The molecule has 0 spiro atoms. The van der Waals surface area contributed by atoms with E-state index in [1.165, 1.54) is 19.2 Å². The maximum absolute atomic E-state index is 13.9. The predicted molar refractivity (Wildman–Crippen MR) is 98.5 cm³/mol. The van der Waals surface area contributed by atoms with Crippen molar-refractivity contribution < 1.29 is 13.5 Å². The fraction of sp³-hybridized carbons (Fsp3) is 0.350. The second-order valence-electron chi connectivity index (χ2n) is 6.45. The highest BCUT2D eigenvalue weighted by Gasteiger charge is 2.40. The molecule has 2 N–H and O–H groups in total. The molecule has 2 aromatic rings. The van der Waals surface area contributed by atoms with Crippen LogP contribution in [0.15, 0.2) is 47.5 Å². The summed E-state index contributed by atoms with van der Waals surface area (Å²) in [5.74, 6) is 0.394. The Morgan fingerprint density at radius 3 is 2.62 bits per heavy atom. The first-order valence-electron chi connectivity index (χ1n) is 8.61. The fourth-order valence-electron chi connectivity index (χ4n) is 3.06. The van der Waals surface area contributed by atoms with Crippen LogP contribution in [0.4, 0.5) is 8.78 Å². The van der Waals surface area contributed by atoms with Gasteiger partial charge in [-0.3, -0.25) is 4.99 Å². The van der Waals surface area contributed by atoms with Crippen LogP contribution in [0.3, 0.4) is 0 Å². The summed E-state index contributed by atoms with van der Waals surface area (Å²) in [5.41, 5.74) is 1.51. The number of hydrogen-bond acceptors (Lipinski definition) is 2. The normalized spacial score (nSPS) is 20.4. The Hall–Kier alpha value is -2.63. The fourth-order valence-corrected chi connectivity index (χ4v) is 3.06. The van der Waals surface area contributed by atoms with Crippen LogP contribution >= 0.6 is 0 Å². The number of nitrogens with zero attached hydrogens (tertiary/aromatic N) is 1. The van der Waals surface area contributed by atoms with Crippen molar-refractivity contribution in [2.45, 2.75) is 31.3 Å². The molecule has 1 saturated carbocycles. The van der Waals surface area contributed by atoms with Crippen LogP contribution in [0.2, 0.25) is 0 Å². The van der Waals surface area contributed by atoms with Crippen molar-refractivity contribution in [2.24, 2.45) is 4.99 Å². The molecule has 6 heteroatoms. The molecule has 3 rings (SSSR count). The highest BCUT2D eigenvalue weighted by atomic mass is 19.1. The van der Waals surface area contributed by atoms with Crippen molar-refractivity contribution in [3.05, 3.63) is 65.2 Å². The van der Waals surface area contributed by atoms with E-state index in [0.717, 1.165) is 17.5 Å². The number of rotatable bonds is 5. The van der Waals surface area contributed by atoms with Crippen molar-refractivity contribution in [3.63, 3.8) is 0 Å². The van der Waals surface area contributed by atoms with E-state index in [-0.39, 0.29) is 29.6 Å². The molecule has 0 heterocycles. The SMILES string of the molecule is CN=C(NC(C)c1ccc(OC)c(F)c1)NC1CC1c1ccccc1F. The van der Waals surface area contributed by atoms with E-state index >= 15 is 0 Å². The lowest BCUT2D eigenvalue weighted by Gasteiger charge is -2.19. The maximum Gasteiger partial charge on any atom is 0.191 e. The topological polar surface area (TPSA) is 45.7 Å². The molecule has 3 atom stereocenters. The van der Waals surface area contributed by atoms with Gasteiger partial charge in [0.05, 0.1) is 13.2 Å². The quantitative estimate of drug-likeness (QED) is 0.631. The minimum absolute atomic E-state index is 0.137. The molecule has 1 aliphatic carbocycles. The molecule has 26 heavy (non-hydrogen) atoms. The van der Waals surface area contributed by atoms with E-state index in [1.54, 1.807) is 19.2 Å². The maximum atomic E-state index is 13.9. The third-order valence-corrected chi connectivity index (χ3v) is 4.67. The zero-order chi connectivity index (χ0) is 18.7. The summed E-state index contributed by atoms with van der Waals surface area (Å²) in [6, 6.07) is 11.7. The van der Waals surface area contributed by atoms with Crippen LogP contribution in [0, 0.1) is 11.6 Å². The van der Waals surface area contributed by atoms with E-state index in [2.05, 4.69) is 15.6 Å². The smallest absolute Gasteiger partial charge is 0.191 e.